The minimum absolute atomic E-state index is 0.0285. The number of amides is 2. The largest absolute Gasteiger partial charge is 0.332 e. The van der Waals surface area contributed by atoms with E-state index in [9.17, 15) is 9.59 Å². The summed E-state index contributed by atoms with van der Waals surface area (Å²) in [6.07, 6.45) is 2.63. The van der Waals surface area contributed by atoms with E-state index >= 15 is 0 Å². The summed E-state index contributed by atoms with van der Waals surface area (Å²) < 4.78 is 0. The first-order valence-corrected chi connectivity index (χ1v) is 9.98. The average molecular weight is 380 g/mol. The first kappa shape index (κ1) is 20.1. The summed E-state index contributed by atoms with van der Waals surface area (Å²) in [5.74, 6) is 0.191. The lowest BCUT2D eigenvalue weighted by Crippen LogP contribution is -2.36. The van der Waals surface area contributed by atoms with Gasteiger partial charge in [-0.25, -0.2) is 0 Å². The molecule has 2 aromatic rings. The molecule has 1 aliphatic rings. The molecule has 0 aliphatic carbocycles. The number of nitrogens with zero attached hydrogens (tertiary/aromatic N) is 1. The molecular formula is C23H29N3O2. The van der Waals surface area contributed by atoms with Crippen LogP contribution in [-0.4, -0.2) is 29.3 Å². The van der Waals surface area contributed by atoms with Gasteiger partial charge in [-0.15, -0.1) is 0 Å². The Kier molecular flexibility index (Phi) is 6.47. The third-order valence-electron chi connectivity index (χ3n) is 5.16. The van der Waals surface area contributed by atoms with Gasteiger partial charge in [0.25, 0.3) is 5.91 Å². The molecule has 1 unspecified atom stereocenters. The maximum Gasteiger partial charge on any atom is 0.254 e. The van der Waals surface area contributed by atoms with Crippen LogP contribution in [0.25, 0.3) is 0 Å². The van der Waals surface area contributed by atoms with Gasteiger partial charge in [0, 0.05) is 17.8 Å². The van der Waals surface area contributed by atoms with Crippen molar-refractivity contribution in [1.29, 1.82) is 0 Å². The van der Waals surface area contributed by atoms with Gasteiger partial charge in [0.1, 0.15) is 0 Å². The van der Waals surface area contributed by atoms with Crippen molar-refractivity contribution in [2.24, 2.45) is 11.7 Å². The predicted molar refractivity (Wildman–Crippen MR) is 112 cm³/mol. The molecule has 148 valence electrons. The minimum atomic E-state index is -0.530. The monoisotopic (exact) mass is 379 g/mol. The topological polar surface area (TPSA) is 75.4 Å². The summed E-state index contributed by atoms with van der Waals surface area (Å²) in [6, 6.07) is 16.8. The fourth-order valence-electron chi connectivity index (χ4n) is 3.74. The van der Waals surface area contributed by atoms with Crippen LogP contribution in [0.2, 0.25) is 0 Å². The van der Waals surface area contributed by atoms with Crippen molar-refractivity contribution in [2.45, 2.75) is 45.2 Å². The molecule has 1 aliphatic heterocycles. The lowest BCUT2D eigenvalue weighted by molar-refractivity contribution is -0.117. The maximum atomic E-state index is 13.0. The van der Waals surface area contributed by atoms with Crippen molar-refractivity contribution in [1.82, 2.24) is 4.90 Å². The fourth-order valence-corrected chi connectivity index (χ4v) is 3.74. The quantitative estimate of drug-likeness (QED) is 0.797. The molecule has 0 bridgehead atoms. The van der Waals surface area contributed by atoms with Crippen molar-refractivity contribution in [2.75, 3.05) is 11.9 Å². The smallest absolute Gasteiger partial charge is 0.254 e. The molecule has 3 rings (SSSR count). The molecule has 1 heterocycles. The Morgan fingerprint density at radius 3 is 2.43 bits per heavy atom. The van der Waals surface area contributed by atoms with Gasteiger partial charge < -0.3 is 16.0 Å². The van der Waals surface area contributed by atoms with Crippen LogP contribution >= 0.6 is 0 Å². The van der Waals surface area contributed by atoms with Gasteiger partial charge in [-0.3, -0.25) is 9.59 Å². The first-order valence-electron chi connectivity index (χ1n) is 9.98. The van der Waals surface area contributed by atoms with Crippen LogP contribution in [0.1, 0.15) is 55.1 Å². The Labute approximate surface area is 166 Å². The number of hydrogen-bond acceptors (Lipinski definition) is 3. The third kappa shape index (κ3) is 4.78. The molecule has 0 saturated carbocycles. The molecule has 5 nitrogen and oxygen atoms in total. The second-order valence-corrected chi connectivity index (χ2v) is 7.87. The summed E-state index contributed by atoms with van der Waals surface area (Å²) in [5, 5.41) is 2.83. The summed E-state index contributed by atoms with van der Waals surface area (Å²) in [6.45, 7) is 4.84. The summed E-state index contributed by atoms with van der Waals surface area (Å²) >= 11 is 0. The van der Waals surface area contributed by atoms with Crippen LogP contribution in [0.15, 0.2) is 54.6 Å². The third-order valence-corrected chi connectivity index (χ3v) is 5.16. The van der Waals surface area contributed by atoms with Crippen LogP contribution < -0.4 is 11.1 Å². The molecule has 1 saturated heterocycles. The Hall–Kier alpha value is -2.66. The van der Waals surface area contributed by atoms with Crippen LogP contribution in [0, 0.1) is 5.92 Å². The normalized spacial score (nSPS) is 17.6. The highest BCUT2D eigenvalue weighted by Gasteiger charge is 2.30. The van der Waals surface area contributed by atoms with Crippen LogP contribution in [0.5, 0.6) is 0 Å². The zero-order chi connectivity index (χ0) is 20.1. The van der Waals surface area contributed by atoms with Gasteiger partial charge in [-0.2, -0.15) is 0 Å². The molecule has 0 spiro atoms. The molecule has 2 atom stereocenters. The summed E-state index contributed by atoms with van der Waals surface area (Å²) in [5.41, 5.74) is 8.39. The fraction of sp³-hybridized carbons (Fsp3) is 0.391. The van der Waals surface area contributed by atoms with Crippen molar-refractivity contribution >= 4 is 17.5 Å². The maximum absolute atomic E-state index is 13.0. The standard InChI is InChI=1S/C23H29N3O2/c1-16(2)15-20(24)22(27)25-19-12-10-18(11-13-19)23(28)26-14-6-9-21(26)17-7-4-3-5-8-17/h3-5,7-8,10-13,16,20-21H,6,9,14-15,24H2,1-2H3,(H,25,27)/t20-,21?/m0/s1. The molecule has 2 aromatic carbocycles. The Balaban J connectivity index is 1.66. The summed E-state index contributed by atoms with van der Waals surface area (Å²) in [7, 11) is 0. The van der Waals surface area contributed by atoms with Gasteiger partial charge in [0.2, 0.25) is 5.91 Å². The second kappa shape index (κ2) is 9.02. The van der Waals surface area contributed by atoms with Gasteiger partial charge in [-0.1, -0.05) is 44.2 Å². The molecule has 0 radical (unpaired) electrons. The second-order valence-electron chi connectivity index (χ2n) is 7.87. The van der Waals surface area contributed by atoms with Gasteiger partial charge >= 0.3 is 0 Å². The number of anilines is 1. The molecule has 0 aromatic heterocycles. The van der Waals surface area contributed by atoms with E-state index in [2.05, 4.69) is 17.4 Å². The molecule has 2 amide bonds. The van der Waals surface area contributed by atoms with Crippen molar-refractivity contribution in [3.8, 4) is 0 Å². The van der Waals surface area contributed by atoms with Crippen molar-refractivity contribution < 1.29 is 9.59 Å². The number of likely N-dealkylation sites (tertiary alicyclic amines) is 1. The number of nitrogens with two attached hydrogens (primary N) is 1. The van der Waals surface area contributed by atoms with Gasteiger partial charge in [0.05, 0.1) is 12.1 Å². The number of nitrogens with one attached hydrogen (secondary N) is 1. The van der Waals surface area contributed by atoms with Crippen molar-refractivity contribution in [3.05, 3.63) is 65.7 Å². The Bertz CT molecular complexity index is 802. The van der Waals surface area contributed by atoms with E-state index in [1.54, 1.807) is 24.3 Å². The molecule has 5 heteroatoms. The number of carbonyl (C=O) groups excluding carboxylic acids is 2. The molecule has 1 fully saturated rings. The van der Waals surface area contributed by atoms with E-state index in [-0.39, 0.29) is 17.9 Å². The highest BCUT2D eigenvalue weighted by atomic mass is 16.2. The number of benzene rings is 2. The highest BCUT2D eigenvalue weighted by Crippen LogP contribution is 2.33. The van der Waals surface area contributed by atoms with E-state index in [1.165, 1.54) is 5.56 Å². The highest BCUT2D eigenvalue weighted by molar-refractivity contribution is 5.97. The Morgan fingerprint density at radius 1 is 1.11 bits per heavy atom. The molecule has 3 N–H and O–H groups in total. The number of hydrogen-bond donors (Lipinski definition) is 2. The SMILES string of the molecule is CC(C)C[C@H](N)C(=O)Nc1ccc(C(=O)N2CCCC2c2ccccc2)cc1. The van der Waals surface area contributed by atoms with E-state index in [0.717, 1.165) is 19.4 Å². The van der Waals surface area contributed by atoms with Gasteiger partial charge in [-0.05, 0) is 55.0 Å². The number of carbonyl (C=O) groups is 2. The van der Waals surface area contributed by atoms with Crippen LogP contribution in [0.4, 0.5) is 5.69 Å². The van der Waals surface area contributed by atoms with Crippen LogP contribution in [-0.2, 0) is 4.79 Å². The Morgan fingerprint density at radius 2 is 1.79 bits per heavy atom. The minimum Gasteiger partial charge on any atom is -0.332 e. The summed E-state index contributed by atoms with van der Waals surface area (Å²) in [4.78, 5) is 27.1. The zero-order valence-electron chi connectivity index (χ0n) is 16.6. The molecule has 28 heavy (non-hydrogen) atoms. The lowest BCUT2D eigenvalue weighted by Gasteiger charge is -2.25. The zero-order valence-corrected chi connectivity index (χ0v) is 16.6. The molecular weight excluding hydrogens is 350 g/mol. The van der Waals surface area contributed by atoms with Gasteiger partial charge in [0.15, 0.2) is 0 Å². The van der Waals surface area contributed by atoms with E-state index < -0.39 is 6.04 Å². The van der Waals surface area contributed by atoms with E-state index in [4.69, 9.17) is 5.73 Å². The van der Waals surface area contributed by atoms with E-state index in [1.807, 2.05) is 36.9 Å². The van der Waals surface area contributed by atoms with Crippen LogP contribution in [0.3, 0.4) is 0 Å². The lowest BCUT2D eigenvalue weighted by atomic mass is 10.0. The van der Waals surface area contributed by atoms with Crippen molar-refractivity contribution in [3.63, 3.8) is 0 Å². The number of rotatable bonds is 6. The first-order chi connectivity index (χ1) is 13.5. The predicted octanol–water partition coefficient (Wildman–Crippen LogP) is 3.98. The van der Waals surface area contributed by atoms with E-state index in [0.29, 0.717) is 23.6 Å². The average Bonchev–Trinajstić information content (AvgIpc) is 3.18.